The first-order chi connectivity index (χ1) is 12.4. The number of halogens is 1. The lowest BCUT2D eigenvalue weighted by molar-refractivity contribution is -0.145. The maximum Gasteiger partial charge on any atom is 0.319 e. The normalized spacial score (nSPS) is 19.2. The fraction of sp³-hybridized carbons (Fsp3) is 0.333. The number of carbonyl (C=O) groups is 2. The minimum absolute atomic E-state index is 0.242. The van der Waals surface area contributed by atoms with Crippen LogP contribution in [0.3, 0.4) is 0 Å². The van der Waals surface area contributed by atoms with E-state index in [1.165, 1.54) is 7.11 Å². The van der Waals surface area contributed by atoms with Gasteiger partial charge in [0.1, 0.15) is 12.5 Å². The third-order valence-corrected chi connectivity index (χ3v) is 4.04. The zero-order chi connectivity index (χ0) is 19.3. The standard InChI is InChI=1S/C18H21ClN2O5/c1-5-7-26-16-12(19)8-11(9-13(16)25-6-2)15-14(17(22)24-4)10(3)20-18(23)21-15/h5,8-9,14-15H,1,3,6-7H2,2,4H3,(H2,20,21,23)/t14-,15+/m0/s1. The summed E-state index contributed by atoms with van der Waals surface area (Å²) in [5.41, 5.74) is 0.808. The fourth-order valence-electron chi connectivity index (χ4n) is 2.68. The average Bonchev–Trinajstić information content (AvgIpc) is 2.60. The molecular formula is C18H21ClN2O5. The van der Waals surface area contributed by atoms with Gasteiger partial charge in [-0.15, -0.1) is 0 Å². The lowest BCUT2D eigenvalue weighted by Crippen LogP contribution is -2.51. The minimum Gasteiger partial charge on any atom is -0.490 e. The Kier molecular flexibility index (Phi) is 6.52. The van der Waals surface area contributed by atoms with E-state index in [-0.39, 0.29) is 17.3 Å². The molecule has 2 rings (SSSR count). The highest BCUT2D eigenvalue weighted by Gasteiger charge is 2.39. The Balaban J connectivity index is 2.49. The van der Waals surface area contributed by atoms with Crippen molar-refractivity contribution in [1.29, 1.82) is 0 Å². The zero-order valence-electron chi connectivity index (χ0n) is 14.6. The molecule has 2 N–H and O–H groups in total. The van der Waals surface area contributed by atoms with Crippen molar-refractivity contribution >= 4 is 23.6 Å². The van der Waals surface area contributed by atoms with Crippen molar-refractivity contribution < 1.29 is 23.8 Å². The molecule has 2 atom stereocenters. The summed E-state index contributed by atoms with van der Waals surface area (Å²) in [6, 6.07) is 2.10. The summed E-state index contributed by atoms with van der Waals surface area (Å²) in [6.07, 6.45) is 1.59. The quantitative estimate of drug-likeness (QED) is 0.561. The van der Waals surface area contributed by atoms with Crippen LogP contribution in [0.4, 0.5) is 4.79 Å². The number of amides is 2. The number of benzene rings is 1. The highest BCUT2D eigenvalue weighted by atomic mass is 35.5. The van der Waals surface area contributed by atoms with Crippen LogP contribution in [-0.4, -0.2) is 32.3 Å². The largest absolute Gasteiger partial charge is 0.490 e. The van der Waals surface area contributed by atoms with Crippen LogP contribution in [0.2, 0.25) is 5.02 Å². The predicted octanol–water partition coefficient (Wildman–Crippen LogP) is 2.96. The van der Waals surface area contributed by atoms with Gasteiger partial charge in [0.25, 0.3) is 0 Å². The Morgan fingerprint density at radius 2 is 2.12 bits per heavy atom. The molecule has 0 aromatic heterocycles. The summed E-state index contributed by atoms with van der Waals surface area (Å²) in [7, 11) is 1.27. The molecule has 8 heteroatoms. The number of hydrogen-bond acceptors (Lipinski definition) is 5. The van der Waals surface area contributed by atoms with Crippen molar-refractivity contribution in [2.75, 3.05) is 20.3 Å². The van der Waals surface area contributed by atoms with E-state index in [2.05, 4.69) is 23.8 Å². The van der Waals surface area contributed by atoms with Crippen LogP contribution >= 0.6 is 11.6 Å². The molecular weight excluding hydrogens is 360 g/mol. The van der Waals surface area contributed by atoms with Crippen molar-refractivity contribution in [3.05, 3.63) is 47.6 Å². The second-order valence-corrected chi connectivity index (χ2v) is 5.87. The van der Waals surface area contributed by atoms with Gasteiger partial charge in [0.2, 0.25) is 0 Å². The smallest absolute Gasteiger partial charge is 0.319 e. The van der Waals surface area contributed by atoms with E-state index >= 15 is 0 Å². The number of methoxy groups -OCH3 is 1. The molecule has 1 heterocycles. The van der Waals surface area contributed by atoms with E-state index in [0.717, 1.165) is 0 Å². The number of nitrogens with one attached hydrogen (secondary N) is 2. The van der Waals surface area contributed by atoms with Gasteiger partial charge < -0.3 is 24.8 Å². The number of esters is 1. The molecule has 1 aromatic carbocycles. The molecule has 1 aromatic rings. The fourth-order valence-corrected chi connectivity index (χ4v) is 2.95. The number of urea groups is 1. The van der Waals surface area contributed by atoms with E-state index in [9.17, 15) is 9.59 Å². The Morgan fingerprint density at radius 3 is 2.73 bits per heavy atom. The summed E-state index contributed by atoms with van der Waals surface area (Å²) in [5.74, 6) is -0.582. The summed E-state index contributed by atoms with van der Waals surface area (Å²) in [6.45, 7) is 9.82. The van der Waals surface area contributed by atoms with Gasteiger partial charge in [-0.1, -0.05) is 30.8 Å². The van der Waals surface area contributed by atoms with Crippen LogP contribution in [0.5, 0.6) is 11.5 Å². The summed E-state index contributed by atoms with van der Waals surface area (Å²) in [5, 5.41) is 5.48. The van der Waals surface area contributed by atoms with Gasteiger partial charge >= 0.3 is 12.0 Å². The highest BCUT2D eigenvalue weighted by Crippen LogP contribution is 2.41. The van der Waals surface area contributed by atoms with Crippen LogP contribution in [0.15, 0.2) is 37.1 Å². The molecule has 140 valence electrons. The maximum absolute atomic E-state index is 12.2. The van der Waals surface area contributed by atoms with Gasteiger partial charge in [0.05, 0.1) is 24.8 Å². The molecule has 1 aliphatic rings. The van der Waals surface area contributed by atoms with E-state index in [1.807, 2.05) is 6.92 Å². The van der Waals surface area contributed by atoms with E-state index in [4.69, 9.17) is 25.8 Å². The first-order valence-electron chi connectivity index (χ1n) is 7.97. The van der Waals surface area contributed by atoms with Gasteiger partial charge in [-0.2, -0.15) is 0 Å². The summed E-state index contributed by atoms with van der Waals surface area (Å²) < 4.78 is 16.0. The zero-order valence-corrected chi connectivity index (χ0v) is 15.4. The van der Waals surface area contributed by atoms with Crippen molar-refractivity contribution in [1.82, 2.24) is 10.6 Å². The molecule has 2 amide bonds. The molecule has 0 radical (unpaired) electrons. The van der Waals surface area contributed by atoms with Crippen LogP contribution in [0, 0.1) is 5.92 Å². The third kappa shape index (κ3) is 4.11. The number of hydrogen-bond donors (Lipinski definition) is 2. The summed E-state index contributed by atoms with van der Waals surface area (Å²) >= 11 is 6.35. The molecule has 0 aliphatic carbocycles. The molecule has 1 aliphatic heterocycles. The first kappa shape index (κ1) is 19.7. The van der Waals surface area contributed by atoms with E-state index in [1.54, 1.807) is 18.2 Å². The highest BCUT2D eigenvalue weighted by molar-refractivity contribution is 6.32. The molecule has 0 unspecified atom stereocenters. The lowest BCUT2D eigenvalue weighted by atomic mass is 9.89. The minimum atomic E-state index is -0.816. The van der Waals surface area contributed by atoms with Crippen LogP contribution in [0.25, 0.3) is 0 Å². The molecule has 26 heavy (non-hydrogen) atoms. The van der Waals surface area contributed by atoms with Gasteiger partial charge in [-0.25, -0.2) is 4.79 Å². The average molecular weight is 381 g/mol. The van der Waals surface area contributed by atoms with Crippen LogP contribution in [0.1, 0.15) is 18.5 Å². The maximum atomic E-state index is 12.2. The van der Waals surface area contributed by atoms with Crippen molar-refractivity contribution in [3.8, 4) is 11.5 Å². The first-order valence-corrected chi connectivity index (χ1v) is 8.34. The number of ether oxygens (including phenoxy) is 3. The van der Waals surface area contributed by atoms with Gasteiger partial charge in [0.15, 0.2) is 11.5 Å². The molecule has 0 spiro atoms. The monoisotopic (exact) mass is 380 g/mol. The Morgan fingerprint density at radius 1 is 1.38 bits per heavy atom. The SMILES string of the molecule is C=CCOc1c(Cl)cc([C@H]2NC(=O)NC(=C)[C@@H]2C(=O)OC)cc1OCC. The molecule has 1 fully saturated rings. The van der Waals surface area contributed by atoms with Gasteiger partial charge in [-0.3, -0.25) is 4.79 Å². The number of rotatable bonds is 7. The second-order valence-electron chi connectivity index (χ2n) is 5.46. The van der Waals surface area contributed by atoms with Crippen molar-refractivity contribution in [2.24, 2.45) is 5.92 Å². The lowest BCUT2D eigenvalue weighted by Gasteiger charge is -2.33. The van der Waals surface area contributed by atoms with Crippen LogP contribution < -0.4 is 20.1 Å². The molecule has 1 saturated heterocycles. The Hall–Kier alpha value is -2.67. The van der Waals surface area contributed by atoms with Crippen molar-refractivity contribution in [3.63, 3.8) is 0 Å². The molecule has 0 bridgehead atoms. The van der Waals surface area contributed by atoms with Crippen LogP contribution in [-0.2, 0) is 9.53 Å². The Bertz CT molecular complexity index is 735. The van der Waals surface area contributed by atoms with E-state index in [0.29, 0.717) is 23.7 Å². The van der Waals surface area contributed by atoms with Gasteiger partial charge in [-0.05, 0) is 24.6 Å². The predicted molar refractivity (Wildman–Crippen MR) is 97.4 cm³/mol. The summed E-state index contributed by atoms with van der Waals surface area (Å²) in [4.78, 5) is 24.1. The number of carbonyl (C=O) groups excluding carboxylic acids is 2. The second kappa shape index (κ2) is 8.62. The van der Waals surface area contributed by atoms with Gasteiger partial charge in [0, 0.05) is 5.70 Å². The van der Waals surface area contributed by atoms with Crippen molar-refractivity contribution in [2.45, 2.75) is 13.0 Å². The topological polar surface area (TPSA) is 85.9 Å². The molecule has 7 nitrogen and oxygen atoms in total. The molecule has 0 saturated carbocycles. The Labute approximate surface area is 156 Å². The van der Waals surface area contributed by atoms with E-state index < -0.39 is 24.0 Å². The third-order valence-electron chi connectivity index (χ3n) is 3.76.